The van der Waals surface area contributed by atoms with Crippen LogP contribution in [0.15, 0.2) is 36.0 Å². The highest BCUT2D eigenvalue weighted by atomic mass is 16.4. The Bertz CT molecular complexity index is 496. The summed E-state index contributed by atoms with van der Waals surface area (Å²) in [4.78, 5) is 22.6. The fourth-order valence-electron chi connectivity index (χ4n) is 1.58. The average Bonchev–Trinajstić information content (AvgIpc) is 2.57. The molecule has 1 aliphatic rings. The van der Waals surface area contributed by atoms with Crippen molar-refractivity contribution >= 4 is 18.0 Å². The van der Waals surface area contributed by atoms with Gasteiger partial charge in [0.1, 0.15) is 5.70 Å². The first-order valence-electron chi connectivity index (χ1n) is 5.12. The van der Waals surface area contributed by atoms with Gasteiger partial charge in [0.2, 0.25) is 5.66 Å². The zero-order valence-corrected chi connectivity index (χ0v) is 9.23. The molecule has 1 atom stereocenters. The fourth-order valence-corrected chi connectivity index (χ4v) is 1.58. The molecule has 1 aliphatic heterocycles. The number of nitrogens with one attached hydrogen (secondary N) is 2. The lowest BCUT2D eigenvalue weighted by molar-refractivity contribution is -0.145. The molecule has 5 heteroatoms. The molecule has 0 saturated carbocycles. The first-order chi connectivity index (χ1) is 8.01. The Kier molecular flexibility index (Phi) is 2.59. The van der Waals surface area contributed by atoms with Crippen LogP contribution >= 0.6 is 0 Å². The van der Waals surface area contributed by atoms with Crippen LogP contribution in [0, 0.1) is 0 Å². The van der Waals surface area contributed by atoms with Crippen molar-refractivity contribution in [2.45, 2.75) is 12.6 Å². The Morgan fingerprint density at radius 2 is 1.94 bits per heavy atom. The molecule has 1 unspecified atom stereocenters. The third-order valence-electron chi connectivity index (χ3n) is 2.53. The first kappa shape index (κ1) is 11.2. The number of carboxylic acid groups (broad SMARTS) is 1. The normalized spacial score (nSPS) is 25.5. The van der Waals surface area contributed by atoms with Crippen molar-refractivity contribution in [3.63, 3.8) is 0 Å². The van der Waals surface area contributed by atoms with E-state index < -0.39 is 17.5 Å². The van der Waals surface area contributed by atoms with Crippen molar-refractivity contribution < 1.29 is 14.7 Å². The lowest BCUT2D eigenvalue weighted by Gasteiger charge is -2.17. The van der Waals surface area contributed by atoms with Gasteiger partial charge in [-0.15, -0.1) is 0 Å². The van der Waals surface area contributed by atoms with Crippen LogP contribution in [0.3, 0.4) is 0 Å². The number of carboxylic acids is 1. The van der Waals surface area contributed by atoms with E-state index in [-0.39, 0.29) is 5.70 Å². The van der Waals surface area contributed by atoms with Crippen LogP contribution in [0.1, 0.15) is 12.5 Å². The third-order valence-corrected chi connectivity index (χ3v) is 2.53. The maximum absolute atomic E-state index is 11.6. The minimum absolute atomic E-state index is 0.251. The van der Waals surface area contributed by atoms with E-state index in [4.69, 9.17) is 5.11 Å². The van der Waals surface area contributed by atoms with Gasteiger partial charge in [0.25, 0.3) is 5.91 Å². The van der Waals surface area contributed by atoms with Crippen LogP contribution in [0.4, 0.5) is 0 Å². The SMILES string of the molecule is CC1(C(=O)O)NC(=O)/C(=C\c2ccccc2)N1. The van der Waals surface area contributed by atoms with Crippen LogP contribution in [-0.2, 0) is 9.59 Å². The van der Waals surface area contributed by atoms with Gasteiger partial charge in [-0.2, -0.15) is 0 Å². The third kappa shape index (κ3) is 2.13. The highest BCUT2D eigenvalue weighted by molar-refractivity contribution is 6.04. The maximum Gasteiger partial charge on any atom is 0.350 e. The molecule has 1 aromatic rings. The smallest absolute Gasteiger partial charge is 0.350 e. The topological polar surface area (TPSA) is 78.4 Å². The van der Waals surface area contributed by atoms with E-state index in [0.717, 1.165) is 5.56 Å². The molecule has 0 spiro atoms. The van der Waals surface area contributed by atoms with E-state index in [9.17, 15) is 9.59 Å². The predicted octanol–water partition coefficient (Wildman–Crippen LogP) is 0.548. The predicted molar refractivity (Wildman–Crippen MR) is 61.7 cm³/mol. The van der Waals surface area contributed by atoms with Gasteiger partial charge in [-0.05, 0) is 18.6 Å². The summed E-state index contributed by atoms with van der Waals surface area (Å²) in [5.74, 6) is -1.54. The van der Waals surface area contributed by atoms with Crippen molar-refractivity contribution in [3.05, 3.63) is 41.6 Å². The molecular formula is C12H12N2O3. The van der Waals surface area contributed by atoms with Crippen molar-refractivity contribution in [1.29, 1.82) is 0 Å². The molecule has 0 radical (unpaired) electrons. The molecule has 17 heavy (non-hydrogen) atoms. The molecule has 1 heterocycles. The van der Waals surface area contributed by atoms with Crippen LogP contribution in [0.25, 0.3) is 6.08 Å². The Balaban J connectivity index is 2.28. The van der Waals surface area contributed by atoms with Gasteiger partial charge in [-0.25, -0.2) is 4.79 Å². The lowest BCUT2D eigenvalue weighted by Crippen LogP contribution is -2.53. The van der Waals surface area contributed by atoms with E-state index in [2.05, 4.69) is 10.6 Å². The maximum atomic E-state index is 11.6. The monoisotopic (exact) mass is 232 g/mol. The summed E-state index contributed by atoms with van der Waals surface area (Å²) >= 11 is 0. The molecule has 2 rings (SSSR count). The van der Waals surface area contributed by atoms with E-state index in [1.807, 2.05) is 30.3 Å². The van der Waals surface area contributed by atoms with E-state index in [1.54, 1.807) is 6.08 Å². The number of rotatable bonds is 2. The summed E-state index contributed by atoms with van der Waals surface area (Å²) in [6.45, 7) is 1.40. The summed E-state index contributed by atoms with van der Waals surface area (Å²) in [7, 11) is 0. The van der Waals surface area contributed by atoms with Crippen molar-refractivity contribution in [2.75, 3.05) is 0 Å². The van der Waals surface area contributed by atoms with Crippen molar-refractivity contribution in [3.8, 4) is 0 Å². The Morgan fingerprint density at radius 1 is 1.29 bits per heavy atom. The van der Waals surface area contributed by atoms with Crippen LogP contribution < -0.4 is 10.6 Å². The van der Waals surface area contributed by atoms with Crippen molar-refractivity contribution in [1.82, 2.24) is 10.6 Å². The summed E-state index contributed by atoms with van der Waals surface area (Å²) in [5, 5.41) is 14.0. The lowest BCUT2D eigenvalue weighted by atomic mass is 10.2. The van der Waals surface area contributed by atoms with Crippen LogP contribution in [-0.4, -0.2) is 22.6 Å². The number of aliphatic carboxylic acids is 1. The number of hydrogen-bond donors (Lipinski definition) is 3. The van der Waals surface area contributed by atoms with Gasteiger partial charge in [0.05, 0.1) is 0 Å². The summed E-state index contributed by atoms with van der Waals surface area (Å²) in [5.41, 5.74) is -0.349. The van der Waals surface area contributed by atoms with E-state index in [0.29, 0.717) is 0 Å². The average molecular weight is 232 g/mol. The molecule has 0 aromatic heterocycles. The minimum atomic E-state index is -1.43. The second-order valence-corrected chi connectivity index (χ2v) is 3.98. The zero-order valence-electron chi connectivity index (χ0n) is 9.23. The second kappa shape index (κ2) is 3.93. The molecule has 88 valence electrons. The largest absolute Gasteiger partial charge is 0.478 e. The fraction of sp³-hybridized carbons (Fsp3) is 0.167. The van der Waals surface area contributed by atoms with Crippen molar-refractivity contribution in [2.24, 2.45) is 0 Å². The van der Waals surface area contributed by atoms with Crippen LogP contribution in [0.5, 0.6) is 0 Å². The number of carbonyl (C=O) groups excluding carboxylic acids is 1. The summed E-state index contributed by atoms with van der Waals surface area (Å²) < 4.78 is 0. The summed E-state index contributed by atoms with van der Waals surface area (Å²) in [6.07, 6.45) is 1.61. The Hall–Kier alpha value is -2.30. The number of carbonyl (C=O) groups is 2. The Labute approximate surface area is 98.1 Å². The molecule has 5 nitrogen and oxygen atoms in total. The molecule has 0 bridgehead atoms. The molecule has 1 saturated heterocycles. The van der Waals surface area contributed by atoms with Crippen LogP contribution in [0.2, 0.25) is 0 Å². The molecule has 0 aliphatic carbocycles. The quantitative estimate of drug-likeness (QED) is 0.650. The second-order valence-electron chi connectivity index (χ2n) is 3.98. The zero-order chi connectivity index (χ0) is 12.5. The van der Waals surface area contributed by atoms with Gasteiger partial charge in [-0.1, -0.05) is 30.3 Å². The Morgan fingerprint density at radius 3 is 2.47 bits per heavy atom. The molecule has 1 fully saturated rings. The van der Waals surface area contributed by atoms with Gasteiger partial charge in [-0.3, -0.25) is 4.79 Å². The number of benzene rings is 1. The molecule has 1 amide bonds. The van der Waals surface area contributed by atoms with Gasteiger partial charge < -0.3 is 15.7 Å². The molecule has 3 N–H and O–H groups in total. The highest BCUT2D eigenvalue weighted by Crippen LogP contribution is 2.15. The van der Waals surface area contributed by atoms with Gasteiger partial charge in [0, 0.05) is 0 Å². The number of hydrogen-bond acceptors (Lipinski definition) is 3. The number of amides is 1. The van der Waals surface area contributed by atoms with Gasteiger partial charge >= 0.3 is 5.97 Å². The van der Waals surface area contributed by atoms with E-state index in [1.165, 1.54) is 6.92 Å². The standard InChI is InChI=1S/C12H12N2O3/c1-12(11(16)17)13-9(10(15)14-12)7-8-5-3-2-4-6-8/h2-7,13H,1H3,(H,14,15)(H,16,17)/b9-7+. The minimum Gasteiger partial charge on any atom is -0.478 e. The molecule has 1 aromatic carbocycles. The highest BCUT2D eigenvalue weighted by Gasteiger charge is 2.42. The molecular weight excluding hydrogens is 220 g/mol. The summed E-state index contributed by atoms with van der Waals surface area (Å²) in [6, 6.07) is 9.22. The first-order valence-corrected chi connectivity index (χ1v) is 5.12. The van der Waals surface area contributed by atoms with Gasteiger partial charge in [0.15, 0.2) is 0 Å². The van der Waals surface area contributed by atoms with E-state index >= 15 is 0 Å².